The van der Waals surface area contributed by atoms with Crippen molar-refractivity contribution in [1.29, 1.82) is 5.26 Å². The normalized spacial score (nSPS) is 11.7. The highest BCUT2D eigenvalue weighted by atomic mass is 19.1. The minimum atomic E-state index is -0.522. The Morgan fingerprint density at radius 2 is 2.24 bits per heavy atom. The van der Waals surface area contributed by atoms with Gasteiger partial charge in [-0.05, 0) is 26.0 Å². The highest BCUT2D eigenvalue weighted by molar-refractivity contribution is 6.00. The van der Waals surface area contributed by atoms with Crippen molar-refractivity contribution in [3.8, 4) is 6.07 Å². The van der Waals surface area contributed by atoms with Crippen LogP contribution in [0.1, 0.15) is 30.6 Å². The number of carbonyl (C=O) groups is 1. The number of Topliss-reactive ketones (excluding diaryl/α,β-unsaturated/α-hetero) is 1. The van der Waals surface area contributed by atoms with E-state index in [1.54, 1.807) is 24.1 Å². The molecule has 0 aromatic heterocycles. The topological polar surface area (TPSA) is 44.1 Å². The number of rotatable bonds is 4. The number of hydrogen-bond acceptors (Lipinski definition) is 3. The molecule has 0 spiro atoms. The molecule has 0 fully saturated rings. The lowest BCUT2D eigenvalue weighted by atomic mass is 10.1. The van der Waals surface area contributed by atoms with Crippen LogP contribution in [0.3, 0.4) is 0 Å². The fourth-order valence-electron chi connectivity index (χ4n) is 1.66. The van der Waals surface area contributed by atoms with Crippen LogP contribution >= 0.6 is 0 Å². The zero-order valence-corrected chi connectivity index (χ0v) is 10.2. The molecule has 0 saturated carbocycles. The average Bonchev–Trinajstić information content (AvgIpc) is 2.27. The molecule has 0 aliphatic heterocycles. The van der Waals surface area contributed by atoms with Crippen molar-refractivity contribution in [2.45, 2.75) is 26.3 Å². The van der Waals surface area contributed by atoms with E-state index in [2.05, 4.69) is 6.07 Å². The Morgan fingerprint density at radius 1 is 1.59 bits per heavy atom. The first-order valence-corrected chi connectivity index (χ1v) is 5.38. The Balaban J connectivity index is 3.18. The summed E-state index contributed by atoms with van der Waals surface area (Å²) < 4.78 is 13.6. The Labute approximate surface area is 100 Å². The maximum Gasteiger partial charge on any atom is 0.164 e. The van der Waals surface area contributed by atoms with Crippen molar-refractivity contribution < 1.29 is 9.18 Å². The molecule has 1 aromatic carbocycles. The van der Waals surface area contributed by atoms with Crippen LogP contribution in [-0.4, -0.2) is 18.9 Å². The summed E-state index contributed by atoms with van der Waals surface area (Å²) in [5.41, 5.74) is 0.611. The minimum Gasteiger partial charge on any atom is -0.370 e. The summed E-state index contributed by atoms with van der Waals surface area (Å²) in [6.07, 6.45) is 0.324. The number of hydrogen-bond donors (Lipinski definition) is 0. The summed E-state index contributed by atoms with van der Waals surface area (Å²) in [7, 11) is 1.75. The van der Waals surface area contributed by atoms with Crippen molar-refractivity contribution in [2.75, 3.05) is 11.9 Å². The Hall–Kier alpha value is -1.89. The Kier molecular flexibility index (Phi) is 4.22. The Bertz CT molecular complexity index is 465. The lowest BCUT2D eigenvalue weighted by Gasteiger charge is -2.27. The van der Waals surface area contributed by atoms with Crippen LogP contribution in [0.25, 0.3) is 0 Å². The summed E-state index contributed by atoms with van der Waals surface area (Å²) >= 11 is 0. The molecule has 0 aliphatic rings. The molecule has 1 atom stereocenters. The van der Waals surface area contributed by atoms with Gasteiger partial charge in [-0.3, -0.25) is 4.79 Å². The van der Waals surface area contributed by atoms with Crippen LogP contribution in [0.2, 0.25) is 0 Å². The second kappa shape index (κ2) is 5.44. The van der Waals surface area contributed by atoms with Crippen LogP contribution in [0.5, 0.6) is 0 Å². The van der Waals surface area contributed by atoms with Gasteiger partial charge >= 0.3 is 0 Å². The van der Waals surface area contributed by atoms with Gasteiger partial charge in [-0.1, -0.05) is 6.07 Å². The van der Waals surface area contributed by atoms with E-state index in [1.807, 2.05) is 6.92 Å². The standard InChI is InChI=1S/C13H15FN2O/c1-9(7-8-15)16(3)12-6-4-5-11(14)13(12)10(2)17/h4-6,9H,7H2,1-3H3. The van der Waals surface area contributed by atoms with E-state index >= 15 is 0 Å². The number of nitriles is 1. The molecule has 1 aromatic rings. The SMILES string of the molecule is CC(=O)c1c(F)cccc1N(C)C(C)CC#N. The largest absolute Gasteiger partial charge is 0.370 e. The summed E-state index contributed by atoms with van der Waals surface area (Å²) in [5.74, 6) is -0.833. The van der Waals surface area contributed by atoms with E-state index < -0.39 is 5.82 Å². The zero-order chi connectivity index (χ0) is 13.0. The predicted octanol–water partition coefficient (Wildman–Crippen LogP) is 2.77. The first kappa shape index (κ1) is 13.2. The second-order valence-electron chi connectivity index (χ2n) is 4.01. The molecule has 0 saturated heterocycles. The summed E-state index contributed by atoms with van der Waals surface area (Å²) in [6, 6.07) is 6.51. The zero-order valence-electron chi connectivity index (χ0n) is 10.2. The number of benzene rings is 1. The molecular weight excluding hydrogens is 219 g/mol. The van der Waals surface area contributed by atoms with Crippen LogP contribution in [-0.2, 0) is 0 Å². The third kappa shape index (κ3) is 2.82. The molecule has 1 rings (SSSR count). The fourth-order valence-corrected chi connectivity index (χ4v) is 1.66. The second-order valence-corrected chi connectivity index (χ2v) is 4.01. The third-order valence-corrected chi connectivity index (χ3v) is 2.77. The molecule has 4 heteroatoms. The fraction of sp³-hybridized carbons (Fsp3) is 0.385. The van der Waals surface area contributed by atoms with Gasteiger partial charge in [0.05, 0.1) is 23.7 Å². The summed E-state index contributed by atoms with van der Waals surface area (Å²) in [6.45, 7) is 3.20. The van der Waals surface area contributed by atoms with Gasteiger partial charge in [-0.15, -0.1) is 0 Å². The van der Waals surface area contributed by atoms with Crippen molar-refractivity contribution >= 4 is 11.5 Å². The van der Waals surface area contributed by atoms with Gasteiger partial charge in [-0.2, -0.15) is 5.26 Å². The van der Waals surface area contributed by atoms with Gasteiger partial charge in [0.15, 0.2) is 5.78 Å². The quantitative estimate of drug-likeness (QED) is 0.752. The maximum absolute atomic E-state index is 13.6. The van der Waals surface area contributed by atoms with E-state index in [0.29, 0.717) is 12.1 Å². The lowest BCUT2D eigenvalue weighted by Crippen LogP contribution is -2.30. The molecule has 0 N–H and O–H groups in total. The molecule has 90 valence electrons. The molecule has 17 heavy (non-hydrogen) atoms. The minimum absolute atomic E-state index is 0.0695. The first-order chi connectivity index (χ1) is 7.99. The highest BCUT2D eigenvalue weighted by Crippen LogP contribution is 2.24. The molecule has 1 unspecified atom stereocenters. The van der Waals surface area contributed by atoms with Gasteiger partial charge in [-0.25, -0.2) is 4.39 Å². The van der Waals surface area contributed by atoms with E-state index in [9.17, 15) is 9.18 Å². The smallest absolute Gasteiger partial charge is 0.164 e. The predicted molar refractivity (Wildman–Crippen MR) is 64.5 cm³/mol. The number of halogens is 1. The highest BCUT2D eigenvalue weighted by Gasteiger charge is 2.18. The van der Waals surface area contributed by atoms with Crippen molar-refractivity contribution in [2.24, 2.45) is 0 Å². The molecule has 3 nitrogen and oxygen atoms in total. The van der Waals surface area contributed by atoms with Gasteiger partial charge in [0.2, 0.25) is 0 Å². The molecule has 0 amide bonds. The number of carbonyl (C=O) groups excluding carboxylic acids is 1. The molecule has 0 bridgehead atoms. The van der Waals surface area contributed by atoms with Gasteiger partial charge < -0.3 is 4.90 Å². The van der Waals surface area contributed by atoms with Crippen LogP contribution in [0.4, 0.5) is 10.1 Å². The van der Waals surface area contributed by atoms with Crippen molar-refractivity contribution in [3.05, 3.63) is 29.6 Å². The van der Waals surface area contributed by atoms with E-state index in [1.165, 1.54) is 13.0 Å². The molecule has 0 aliphatic carbocycles. The van der Waals surface area contributed by atoms with E-state index in [0.717, 1.165) is 0 Å². The van der Waals surface area contributed by atoms with Crippen LogP contribution in [0, 0.1) is 17.1 Å². The van der Waals surface area contributed by atoms with Crippen LogP contribution in [0.15, 0.2) is 18.2 Å². The van der Waals surface area contributed by atoms with Crippen molar-refractivity contribution in [1.82, 2.24) is 0 Å². The van der Waals surface area contributed by atoms with Gasteiger partial charge in [0.25, 0.3) is 0 Å². The molecule has 0 radical (unpaired) electrons. The number of nitrogens with zero attached hydrogens (tertiary/aromatic N) is 2. The van der Waals surface area contributed by atoms with E-state index in [4.69, 9.17) is 5.26 Å². The summed E-state index contributed by atoms with van der Waals surface area (Å²) in [5, 5.41) is 8.65. The first-order valence-electron chi connectivity index (χ1n) is 5.38. The number of ketones is 1. The summed E-state index contributed by atoms with van der Waals surface area (Å²) in [4.78, 5) is 13.2. The maximum atomic E-state index is 13.6. The lowest BCUT2D eigenvalue weighted by molar-refractivity contribution is 0.101. The van der Waals surface area contributed by atoms with Gasteiger partial charge in [0.1, 0.15) is 5.82 Å². The monoisotopic (exact) mass is 234 g/mol. The Morgan fingerprint density at radius 3 is 2.76 bits per heavy atom. The van der Waals surface area contributed by atoms with Gasteiger partial charge in [0, 0.05) is 13.1 Å². The molecular formula is C13H15FN2O. The number of anilines is 1. The average molecular weight is 234 g/mol. The van der Waals surface area contributed by atoms with E-state index in [-0.39, 0.29) is 17.4 Å². The van der Waals surface area contributed by atoms with Crippen molar-refractivity contribution in [3.63, 3.8) is 0 Å². The molecule has 0 heterocycles. The van der Waals surface area contributed by atoms with Crippen LogP contribution < -0.4 is 4.90 Å². The third-order valence-electron chi connectivity index (χ3n) is 2.77.